The average Bonchev–Trinajstić information content (AvgIpc) is 2.54. The number of imide groups is 1. The number of nitro groups is 1. The second kappa shape index (κ2) is 7.55. The number of para-hydroxylation sites is 1. The molecule has 0 fully saturated rings. The molecule has 0 saturated carbocycles. The van der Waals surface area contributed by atoms with Gasteiger partial charge in [0.15, 0.2) is 0 Å². The van der Waals surface area contributed by atoms with Crippen molar-refractivity contribution in [1.82, 2.24) is 5.32 Å². The van der Waals surface area contributed by atoms with E-state index in [-0.39, 0.29) is 12.2 Å². The van der Waals surface area contributed by atoms with E-state index >= 15 is 0 Å². The molecular weight excluding hydrogens is 300 g/mol. The summed E-state index contributed by atoms with van der Waals surface area (Å²) in [4.78, 5) is 33.4. The number of rotatable bonds is 5. The van der Waals surface area contributed by atoms with E-state index in [1.54, 1.807) is 36.4 Å². The molecular formula is C15H14N4O4. The van der Waals surface area contributed by atoms with E-state index in [1.807, 2.05) is 0 Å². The van der Waals surface area contributed by atoms with E-state index in [0.29, 0.717) is 11.4 Å². The van der Waals surface area contributed by atoms with Crippen LogP contribution in [0.4, 0.5) is 21.9 Å². The molecule has 0 heterocycles. The molecule has 2 rings (SSSR count). The van der Waals surface area contributed by atoms with Gasteiger partial charge in [0.05, 0.1) is 11.5 Å². The number of carbonyl (C=O) groups excluding carboxylic acids is 2. The smallest absolute Gasteiger partial charge is 0.325 e. The quantitative estimate of drug-likeness (QED) is 0.579. The minimum Gasteiger partial charge on any atom is -0.376 e. The first kappa shape index (κ1) is 16.0. The number of benzene rings is 2. The first-order chi connectivity index (χ1) is 11.0. The normalized spacial score (nSPS) is 9.74. The van der Waals surface area contributed by atoms with Crippen LogP contribution in [0.1, 0.15) is 0 Å². The molecule has 0 bridgehead atoms. The molecule has 0 spiro atoms. The fourth-order valence-corrected chi connectivity index (χ4v) is 1.77. The third-order valence-corrected chi connectivity index (χ3v) is 2.79. The molecule has 8 heteroatoms. The number of urea groups is 1. The van der Waals surface area contributed by atoms with Crippen molar-refractivity contribution in [2.75, 3.05) is 17.2 Å². The SMILES string of the molecule is O=C(CNc1cccc([N+](=O)[O-])c1)NC(=O)Nc1ccccc1. The predicted octanol–water partition coefficient (Wildman–Crippen LogP) is 2.36. The van der Waals surface area contributed by atoms with Crippen LogP contribution < -0.4 is 16.0 Å². The van der Waals surface area contributed by atoms with Gasteiger partial charge < -0.3 is 10.6 Å². The Hall–Kier alpha value is -3.42. The number of nitro benzene ring substituents is 1. The number of non-ortho nitro benzene ring substituents is 1. The third kappa shape index (κ3) is 5.12. The van der Waals surface area contributed by atoms with Crippen molar-refractivity contribution in [3.63, 3.8) is 0 Å². The molecule has 8 nitrogen and oxygen atoms in total. The van der Waals surface area contributed by atoms with E-state index < -0.39 is 16.9 Å². The Labute approximate surface area is 131 Å². The van der Waals surface area contributed by atoms with Crippen LogP contribution in [-0.2, 0) is 4.79 Å². The summed E-state index contributed by atoms with van der Waals surface area (Å²) in [7, 11) is 0. The first-order valence-corrected chi connectivity index (χ1v) is 6.69. The van der Waals surface area contributed by atoms with E-state index in [0.717, 1.165) is 0 Å². The van der Waals surface area contributed by atoms with Gasteiger partial charge in [0, 0.05) is 23.5 Å². The Balaban J connectivity index is 1.82. The molecule has 0 aliphatic rings. The van der Waals surface area contributed by atoms with E-state index in [4.69, 9.17) is 0 Å². The van der Waals surface area contributed by atoms with Crippen LogP contribution in [0.5, 0.6) is 0 Å². The summed E-state index contributed by atoms with van der Waals surface area (Å²) in [5.74, 6) is -0.565. The highest BCUT2D eigenvalue weighted by atomic mass is 16.6. The average molecular weight is 314 g/mol. The van der Waals surface area contributed by atoms with Gasteiger partial charge in [-0.15, -0.1) is 0 Å². The summed E-state index contributed by atoms with van der Waals surface area (Å²) in [6.45, 7) is -0.191. The number of nitrogens with zero attached hydrogens (tertiary/aromatic N) is 1. The summed E-state index contributed by atoms with van der Waals surface area (Å²) < 4.78 is 0. The standard InChI is InChI=1S/C15H14N4O4/c20-14(18-15(21)17-11-5-2-1-3-6-11)10-16-12-7-4-8-13(9-12)19(22)23/h1-9,16H,10H2,(H2,17,18,20,21). The highest BCUT2D eigenvalue weighted by molar-refractivity contribution is 6.02. The molecule has 0 unspecified atom stereocenters. The molecule has 23 heavy (non-hydrogen) atoms. The minimum absolute atomic E-state index is 0.0859. The summed E-state index contributed by atoms with van der Waals surface area (Å²) in [5.41, 5.74) is 0.888. The van der Waals surface area contributed by atoms with E-state index in [1.165, 1.54) is 18.2 Å². The van der Waals surface area contributed by atoms with Crippen LogP contribution in [0.15, 0.2) is 54.6 Å². The monoisotopic (exact) mass is 314 g/mol. The molecule has 2 aromatic rings. The van der Waals surface area contributed by atoms with Gasteiger partial charge in [0.2, 0.25) is 5.91 Å². The summed E-state index contributed by atoms with van der Waals surface area (Å²) in [6.07, 6.45) is 0. The molecule has 118 valence electrons. The highest BCUT2D eigenvalue weighted by Crippen LogP contribution is 2.16. The van der Waals surface area contributed by atoms with Crippen molar-refractivity contribution in [3.05, 3.63) is 64.7 Å². The molecule has 3 N–H and O–H groups in total. The van der Waals surface area contributed by atoms with Crippen LogP contribution in [-0.4, -0.2) is 23.4 Å². The fourth-order valence-electron chi connectivity index (χ4n) is 1.77. The van der Waals surface area contributed by atoms with Crippen molar-refractivity contribution < 1.29 is 14.5 Å². The number of hydrogen-bond acceptors (Lipinski definition) is 5. The molecule has 0 saturated heterocycles. The summed E-state index contributed by atoms with van der Waals surface area (Å²) in [6, 6.07) is 13.8. The lowest BCUT2D eigenvalue weighted by Crippen LogP contribution is -2.37. The zero-order chi connectivity index (χ0) is 16.7. The third-order valence-electron chi connectivity index (χ3n) is 2.79. The van der Waals surface area contributed by atoms with Gasteiger partial charge in [-0.05, 0) is 18.2 Å². The number of amides is 3. The van der Waals surface area contributed by atoms with Gasteiger partial charge in [0.25, 0.3) is 5.69 Å². The van der Waals surface area contributed by atoms with Crippen molar-refractivity contribution in [2.45, 2.75) is 0 Å². The molecule has 0 atom stereocenters. The molecule has 0 aliphatic carbocycles. The van der Waals surface area contributed by atoms with Crippen LogP contribution in [0, 0.1) is 10.1 Å². The Kier molecular flexibility index (Phi) is 5.24. The second-order valence-electron chi connectivity index (χ2n) is 4.53. The molecule has 3 amide bonds. The Morgan fingerprint density at radius 2 is 1.70 bits per heavy atom. The van der Waals surface area contributed by atoms with E-state index in [9.17, 15) is 19.7 Å². The maximum Gasteiger partial charge on any atom is 0.325 e. The fraction of sp³-hybridized carbons (Fsp3) is 0.0667. The van der Waals surface area contributed by atoms with Crippen molar-refractivity contribution in [1.29, 1.82) is 0 Å². The van der Waals surface area contributed by atoms with Gasteiger partial charge >= 0.3 is 6.03 Å². The lowest BCUT2D eigenvalue weighted by atomic mass is 10.3. The largest absolute Gasteiger partial charge is 0.376 e. The maximum atomic E-state index is 11.7. The van der Waals surface area contributed by atoms with Crippen molar-refractivity contribution >= 4 is 29.0 Å². The Morgan fingerprint density at radius 1 is 1.00 bits per heavy atom. The molecule has 0 aliphatic heterocycles. The number of carbonyl (C=O) groups is 2. The molecule has 0 aromatic heterocycles. The zero-order valence-corrected chi connectivity index (χ0v) is 12.0. The van der Waals surface area contributed by atoms with E-state index in [2.05, 4.69) is 16.0 Å². The van der Waals surface area contributed by atoms with Crippen molar-refractivity contribution in [2.24, 2.45) is 0 Å². The minimum atomic E-state index is -0.651. The van der Waals surface area contributed by atoms with Gasteiger partial charge in [-0.25, -0.2) is 4.79 Å². The second-order valence-corrected chi connectivity index (χ2v) is 4.53. The molecule has 2 aromatic carbocycles. The lowest BCUT2D eigenvalue weighted by molar-refractivity contribution is -0.384. The van der Waals surface area contributed by atoms with Crippen LogP contribution in [0.25, 0.3) is 0 Å². The number of hydrogen-bond donors (Lipinski definition) is 3. The highest BCUT2D eigenvalue weighted by Gasteiger charge is 2.09. The number of anilines is 2. The van der Waals surface area contributed by atoms with Gasteiger partial charge in [-0.2, -0.15) is 0 Å². The number of nitrogens with one attached hydrogen (secondary N) is 3. The Bertz CT molecular complexity index is 718. The summed E-state index contributed by atoms with van der Waals surface area (Å²) in [5, 5.41) is 18.0. The zero-order valence-electron chi connectivity index (χ0n) is 12.0. The van der Waals surface area contributed by atoms with Gasteiger partial charge in [-0.1, -0.05) is 24.3 Å². The van der Waals surface area contributed by atoms with Crippen LogP contribution in [0.3, 0.4) is 0 Å². The predicted molar refractivity (Wildman–Crippen MR) is 85.2 cm³/mol. The van der Waals surface area contributed by atoms with Crippen molar-refractivity contribution in [3.8, 4) is 0 Å². The maximum absolute atomic E-state index is 11.7. The summed E-state index contributed by atoms with van der Waals surface area (Å²) >= 11 is 0. The molecule has 0 radical (unpaired) electrons. The topological polar surface area (TPSA) is 113 Å². The lowest BCUT2D eigenvalue weighted by Gasteiger charge is -2.08. The Morgan fingerprint density at radius 3 is 2.39 bits per heavy atom. The van der Waals surface area contributed by atoms with Gasteiger partial charge in [0.1, 0.15) is 0 Å². The first-order valence-electron chi connectivity index (χ1n) is 6.69. The van der Waals surface area contributed by atoms with Crippen LogP contribution in [0.2, 0.25) is 0 Å². The van der Waals surface area contributed by atoms with Crippen LogP contribution >= 0.6 is 0 Å². The van der Waals surface area contributed by atoms with Gasteiger partial charge in [-0.3, -0.25) is 20.2 Å².